The van der Waals surface area contributed by atoms with Gasteiger partial charge in [-0.3, -0.25) is 0 Å². The second kappa shape index (κ2) is 5.18. The van der Waals surface area contributed by atoms with Crippen LogP contribution in [0, 0.1) is 22.7 Å². The van der Waals surface area contributed by atoms with Crippen LogP contribution >= 0.6 is 0 Å². The first kappa shape index (κ1) is 17.3. The highest BCUT2D eigenvalue weighted by atomic mass is 16.7. The molecular formula is C20H34O4. The summed E-state index contributed by atoms with van der Waals surface area (Å²) in [6.45, 7) is 9.58. The number of rotatable bonds is 3. The van der Waals surface area contributed by atoms with Gasteiger partial charge in [0.1, 0.15) is 11.7 Å². The zero-order chi connectivity index (χ0) is 17.4. The van der Waals surface area contributed by atoms with Gasteiger partial charge in [-0.25, -0.2) is 0 Å². The summed E-state index contributed by atoms with van der Waals surface area (Å²) >= 11 is 0. The molecule has 138 valence electrons. The highest BCUT2D eigenvalue weighted by Gasteiger charge is 2.69. The molecule has 0 amide bonds. The molecule has 0 bridgehead atoms. The molecule has 2 saturated carbocycles. The van der Waals surface area contributed by atoms with E-state index in [1.807, 2.05) is 0 Å². The first-order chi connectivity index (χ1) is 11.2. The van der Waals surface area contributed by atoms with Crippen molar-refractivity contribution < 1.29 is 19.7 Å². The molecule has 7 atom stereocenters. The number of ether oxygens (including phenoxy) is 2. The third kappa shape index (κ3) is 2.12. The van der Waals surface area contributed by atoms with Crippen LogP contribution in [0.1, 0.15) is 66.2 Å². The Bertz CT molecular complexity index is 520. The van der Waals surface area contributed by atoms with Crippen molar-refractivity contribution in [1.29, 1.82) is 0 Å². The Hall–Kier alpha value is -0.160. The van der Waals surface area contributed by atoms with Crippen LogP contribution in [0.3, 0.4) is 0 Å². The van der Waals surface area contributed by atoms with Gasteiger partial charge >= 0.3 is 0 Å². The number of hydrogen-bond acceptors (Lipinski definition) is 4. The van der Waals surface area contributed by atoms with E-state index in [-0.39, 0.29) is 31.0 Å². The van der Waals surface area contributed by atoms with E-state index < -0.39 is 5.60 Å². The topological polar surface area (TPSA) is 62.2 Å². The molecule has 0 aromatic heterocycles. The Balaban J connectivity index is 1.63. The van der Waals surface area contributed by atoms with Crippen LogP contribution in [0.4, 0.5) is 0 Å². The lowest BCUT2D eigenvalue weighted by Crippen LogP contribution is -2.55. The van der Waals surface area contributed by atoms with Gasteiger partial charge in [-0.2, -0.15) is 0 Å². The number of aliphatic hydroxyl groups excluding tert-OH is 2. The number of aliphatic hydroxyl groups is 2. The zero-order valence-corrected chi connectivity index (χ0v) is 15.7. The minimum Gasteiger partial charge on any atom is -0.394 e. The summed E-state index contributed by atoms with van der Waals surface area (Å²) in [4.78, 5) is 0. The standard InChI is InChI=1S/C20H34O4/c1-17(2)7-5-8-18(3)13(17)6-9-19(4)14(18)10-15(23-19)20(12-22)16(11-21)24-20/h13-16,21-22H,5-12H2,1-4H3. The van der Waals surface area contributed by atoms with E-state index in [1.54, 1.807) is 0 Å². The smallest absolute Gasteiger partial charge is 0.146 e. The molecule has 4 aliphatic rings. The lowest BCUT2D eigenvalue weighted by atomic mass is 9.45. The molecule has 2 aliphatic heterocycles. The van der Waals surface area contributed by atoms with E-state index in [1.165, 1.54) is 25.7 Å². The number of hydrogen-bond donors (Lipinski definition) is 2. The molecule has 4 fully saturated rings. The summed E-state index contributed by atoms with van der Waals surface area (Å²) in [7, 11) is 0. The fourth-order valence-electron chi connectivity index (χ4n) is 7.10. The molecule has 4 rings (SSSR count). The van der Waals surface area contributed by atoms with Crippen LogP contribution in [0.15, 0.2) is 0 Å². The van der Waals surface area contributed by atoms with Crippen molar-refractivity contribution >= 4 is 0 Å². The minimum absolute atomic E-state index is 0.0330. The molecule has 0 radical (unpaired) electrons. The number of epoxide rings is 1. The minimum atomic E-state index is -0.662. The summed E-state index contributed by atoms with van der Waals surface area (Å²) in [5.41, 5.74) is -0.0584. The Morgan fingerprint density at radius 1 is 0.958 bits per heavy atom. The third-order valence-corrected chi connectivity index (χ3v) is 8.41. The van der Waals surface area contributed by atoms with Crippen molar-refractivity contribution in [3.63, 3.8) is 0 Å². The molecule has 4 nitrogen and oxygen atoms in total. The molecule has 4 heteroatoms. The van der Waals surface area contributed by atoms with Crippen molar-refractivity contribution in [1.82, 2.24) is 0 Å². The van der Waals surface area contributed by atoms with E-state index in [0.29, 0.717) is 16.7 Å². The Morgan fingerprint density at radius 3 is 2.33 bits per heavy atom. The zero-order valence-electron chi connectivity index (χ0n) is 15.7. The summed E-state index contributed by atoms with van der Waals surface area (Å²) in [5, 5.41) is 19.4. The van der Waals surface area contributed by atoms with Crippen LogP contribution in [0.5, 0.6) is 0 Å². The molecule has 0 aromatic carbocycles. The highest BCUT2D eigenvalue weighted by molar-refractivity contribution is 5.17. The summed E-state index contributed by atoms with van der Waals surface area (Å²) in [6, 6.07) is 0. The Kier molecular flexibility index (Phi) is 3.73. The van der Waals surface area contributed by atoms with Gasteiger partial charge < -0.3 is 19.7 Å². The van der Waals surface area contributed by atoms with Crippen molar-refractivity contribution in [3.05, 3.63) is 0 Å². The largest absolute Gasteiger partial charge is 0.394 e. The first-order valence-electron chi connectivity index (χ1n) is 9.79. The quantitative estimate of drug-likeness (QED) is 0.777. The maximum Gasteiger partial charge on any atom is 0.146 e. The summed E-state index contributed by atoms with van der Waals surface area (Å²) < 4.78 is 12.3. The average Bonchev–Trinajstić information content (AvgIpc) is 3.13. The number of fused-ring (bicyclic) bond motifs is 3. The predicted molar refractivity (Wildman–Crippen MR) is 91.6 cm³/mol. The van der Waals surface area contributed by atoms with Gasteiger partial charge in [0.05, 0.1) is 24.9 Å². The molecule has 0 aromatic rings. The van der Waals surface area contributed by atoms with Gasteiger partial charge in [-0.15, -0.1) is 0 Å². The van der Waals surface area contributed by atoms with Crippen LogP contribution in [-0.4, -0.2) is 46.8 Å². The van der Waals surface area contributed by atoms with Gasteiger partial charge in [-0.05, 0) is 61.7 Å². The molecular weight excluding hydrogens is 304 g/mol. The molecule has 24 heavy (non-hydrogen) atoms. The maximum absolute atomic E-state index is 9.90. The van der Waals surface area contributed by atoms with E-state index in [4.69, 9.17) is 9.47 Å². The molecule has 2 heterocycles. The van der Waals surface area contributed by atoms with Crippen molar-refractivity contribution in [2.75, 3.05) is 13.2 Å². The van der Waals surface area contributed by atoms with Crippen molar-refractivity contribution in [2.45, 2.75) is 89.6 Å². The van der Waals surface area contributed by atoms with Crippen molar-refractivity contribution in [2.24, 2.45) is 22.7 Å². The van der Waals surface area contributed by atoms with Crippen LogP contribution in [-0.2, 0) is 9.47 Å². The van der Waals surface area contributed by atoms with Crippen LogP contribution in [0.2, 0.25) is 0 Å². The van der Waals surface area contributed by atoms with Gasteiger partial charge in [0.2, 0.25) is 0 Å². The normalized spacial score (nSPS) is 55.8. The Morgan fingerprint density at radius 2 is 1.71 bits per heavy atom. The predicted octanol–water partition coefficient (Wildman–Crippen LogP) is 2.90. The van der Waals surface area contributed by atoms with Crippen LogP contribution in [0.25, 0.3) is 0 Å². The van der Waals surface area contributed by atoms with Gasteiger partial charge in [-0.1, -0.05) is 27.2 Å². The van der Waals surface area contributed by atoms with E-state index in [9.17, 15) is 10.2 Å². The Labute approximate surface area is 145 Å². The van der Waals surface area contributed by atoms with Gasteiger partial charge in [0, 0.05) is 0 Å². The summed E-state index contributed by atoms with van der Waals surface area (Å²) in [5.74, 6) is 1.26. The van der Waals surface area contributed by atoms with Gasteiger partial charge in [0.25, 0.3) is 0 Å². The molecule has 2 saturated heterocycles. The maximum atomic E-state index is 9.90. The van der Waals surface area contributed by atoms with E-state index >= 15 is 0 Å². The van der Waals surface area contributed by atoms with Crippen molar-refractivity contribution in [3.8, 4) is 0 Å². The lowest BCUT2D eigenvalue weighted by Gasteiger charge is -2.60. The second-order valence-corrected chi connectivity index (χ2v) is 10.0. The fourth-order valence-corrected chi connectivity index (χ4v) is 7.10. The second-order valence-electron chi connectivity index (χ2n) is 10.0. The molecule has 7 unspecified atom stereocenters. The first-order valence-corrected chi connectivity index (χ1v) is 9.79. The average molecular weight is 338 g/mol. The fraction of sp³-hybridized carbons (Fsp3) is 1.00. The van der Waals surface area contributed by atoms with E-state index in [0.717, 1.165) is 18.8 Å². The SMILES string of the molecule is CC1(C)CCCC2(C)C1CCC1(C)OC(C3(CO)OC3CO)CC12. The molecule has 2 aliphatic carbocycles. The monoisotopic (exact) mass is 338 g/mol. The van der Waals surface area contributed by atoms with Gasteiger partial charge in [0.15, 0.2) is 0 Å². The van der Waals surface area contributed by atoms with E-state index in [2.05, 4.69) is 27.7 Å². The third-order valence-electron chi connectivity index (χ3n) is 8.41. The molecule has 0 spiro atoms. The lowest BCUT2D eigenvalue weighted by molar-refractivity contribution is -0.161. The summed E-state index contributed by atoms with van der Waals surface area (Å²) in [6.07, 6.45) is 6.86. The molecule has 2 N–H and O–H groups in total. The van der Waals surface area contributed by atoms with Crippen LogP contribution < -0.4 is 0 Å². The highest BCUT2D eigenvalue weighted by Crippen LogP contribution is 2.67.